The van der Waals surface area contributed by atoms with E-state index in [9.17, 15) is 0 Å². The molecule has 0 aromatic carbocycles. The average molecular weight is 250 g/mol. The lowest BCUT2D eigenvalue weighted by Gasteiger charge is -2.16. The Morgan fingerprint density at radius 3 is 1.36 bits per heavy atom. The van der Waals surface area contributed by atoms with Crippen LogP contribution in [0.15, 0.2) is 10.1 Å². The van der Waals surface area contributed by atoms with Gasteiger partial charge in [-0.3, -0.25) is 0 Å². The second-order valence-electron chi connectivity index (χ2n) is 3.25. The zero-order valence-corrected chi connectivity index (χ0v) is 11.2. The molecule has 0 bridgehead atoms. The molecule has 0 radical (unpaired) electrons. The van der Waals surface area contributed by atoms with Crippen LogP contribution in [-0.2, 0) is 0 Å². The predicted molar refractivity (Wildman–Crippen MR) is 67.9 cm³/mol. The summed E-state index contributed by atoms with van der Waals surface area (Å²) in [6.45, 7) is 0. The first kappa shape index (κ1) is 11.8. The summed E-state index contributed by atoms with van der Waals surface area (Å²) in [5.74, 6) is 0. The monoisotopic (exact) mass is 250 g/mol. The van der Waals surface area contributed by atoms with Crippen LogP contribution in [0.25, 0.3) is 0 Å². The molecular weight excluding hydrogens is 236 g/mol. The molecule has 0 aliphatic rings. The number of aromatic nitrogens is 2. The molecule has 0 saturated carbocycles. The highest BCUT2D eigenvalue weighted by molar-refractivity contribution is 7.83. The third-order valence-corrected chi connectivity index (χ3v) is 3.09. The van der Waals surface area contributed by atoms with Crippen molar-refractivity contribution >= 4 is 37.5 Å². The molecule has 1 aromatic rings. The molecule has 0 atom stereocenters. The van der Waals surface area contributed by atoms with E-state index in [2.05, 4.69) is 25.3 Å². The van der Waals surface area contributed by atoms with E-state index in [1.165, 1.54) is 0 Å². The average Bonchev–Trinajstić information content (AvgIpc) is 2.23. The van der Waals surface area contributed by atoms with Crippen LogP contribution in [0.1, 0.15) is 0 Å². The first-order valence-corrected chi connectivity index (χ1v) is 5.29. The first-order valence-electron chi connectivity index (χ1n) is 3.98. The van der Waals surface area contributed by atoms with Gasteiger partial charge in [-0.15, -0.1) is 25.3 Å². The number of hydrogen-bond acceptors (Lipinski definition) is 5. The van der Waals surface area contributed by atoms with E-state index in [0.717, 1.165) is 10.1 Å². The van der Waals surface area contributed by atoms with E-state index >= 15 is 0 Å². The molecule has 0 fully saturated rings. The lowest BCUT2D eigenvalue weighted by atomic mass is 10.9. The summed E-state index contributed by atoms with van der Waals surface area (Å²) >= 11 is 14.0. The van der Waals surface area contributed by atoms with Crippen LogP contribution in [0.5, 0.6) is 0 Å². The minimum Gasteiger partial charge on any atom is -0.316 e. The van der Waals surface area contributed by atoms with Crippen molar-refractivity contribution in [3.63, 3.8) is 0 Å². The fourth-order valence-electron chi connectivity index (χ4n) is 1.18. The molecule has 14 heavy (non-hydrogen) atoms. The number of imidazole rings is 1. The quantitative estimate of drug-likeness (QED) is 0.602. The van der Waals surface area contributed by atoms with E-state index in [1.54, 1.807) is 9.35 Å². The van der Waals surface area contributed by atoms with Gasteiger partial charge in [0.2, 0.25) is 4.77 Å². The van der Waals surface area contributed by atoms with Crippen molar-refractivity contribution in [3.8, 4) is 0 Å². The van der Waals surface area contributed by atoms with Crippen molar-refractivity contribution in [2.24, 2.45) is 0 Å². The summed E-state index contributed by atoms with van der Waals surface area (Å²) in [6, 6.07) is 0. The van der Waals surface area contributed by atoms with Gasteiger partial charge in [0.15, 0.2) is 0 Å². The van der Waals surface area contributed by atoms with Gasteiger partial charge in [0, 0.05) is 28.2 Å². The van der Waals surface area contributed by atoms with E-state index in [0.29, 0.717) is 4.77 Å². The van der Waals surface area contributed by atoms with Gasteiger partial charge in [0.05, 0.1) is 0 Å². The highest BCUT2D eigenvalue weighted by atomic mass is 32.1. The summed E-state index contributed by atoms with van der Waals surface area (Å²) in [7, 11) is 7.62. The molecule has 0 unspecified atom stereocenters. The zero-order chi connectivity index (χ0) is 11.0. The van der Waals surface area contributed by atoms with Crippen molar-refractivity contribution in [3.05, 3.63) is 4.77 Å². The largest absolute Gasteiger partial charge is 0.316 e. The zero-order valence-electron chi connectivity index (χ0n) is 8.59. The SMILES string of the molecule is CN(C)n1c(S)c(S)n(N(C)C)c1=S. The first-order chi connectivity index (χ1) is 6.37. The molecule has 0 amide bonds. The van der Waals surface area contributed by atoms with Crippen molar-refractivity contribution in [1.29, 1.82) is 0 Å². The van der Waals surface area contributed by atoms with Crippen LogP contribution >= 0.6 is 37.5 Å². The molecule has 7 heteroatoms. The van der Waals surface area contributed by atoms with Gasteiger partial charge < -0.3 is 10.0 Å². The summed E-state index contributed by atoms with van der Waals surface area (Å²) in [4.78, 5) is 0. The van der Waals surface area contributed by atoms with Crippen LogP contribution in [0.3, 0.4) is 0 Å². The molecular formula is C7H14N4S3. The molecule has 1 rings (SSSR count). The second kappa shape index (κ2) is 4.08. The van der Waals surface area contributed by atoms with Crippen molar-refractivity contribution < 1.29 is 0 Å². The highest BCUT2D eigenvalue weighted by Gasteiger charge is 2.14. The Morgan fingerprint density at radius 1 is 0.929 bits per heavy atom. The molecule has 4 nitrogen and oxygen atoms in total. The fourth-order valence-corrected chi connectivity index (χ4v) is 2.56. The lowest BCUT2D eigenvalue weighted by molar-refractivity contribution is 0.631. The maximum Gasteiger partial charge on any atom is 0.219 e. The van der Waals surface area contributed by atoms with Crippen LogP contribution < -0.4 is 10.0 Å². The summed E-state index contributed by atoms with van der Waals surface area (Å²) in [5.41, 5.74) is 0. The van der Waals surface area contributed by atoms with Crippen LogP contribution in [0.2, 0.25) is 0 Å². The van der Waals surface area contributed by atoms with Crippen molar-refractivity contribution in [2.45, 2.75) is 10.1 Å². The third-order valence-electron chi connectivity index (χ3n) is 1.76. The fraction of sp³-hybridized carbons (Fsp3) is 0.571. The Balaban J connectivity index is 3.50. The van der Waals surface area contributed by atoms with E-state index in [-0.39, 0.29) is 0 Å². The van der Waals surface area contributed by atoms with E-state index < -0.39 is 0 Å². The number of nitrogens with zero attached hydrogens (tertiary/aromatic N) is 4. The van der Waals surface area contributed by atoms with Gasteiger partial charge in [-0.25, -0.2) is 9.35 Å². The predicted octanol–water partition coefficient (Wildman–Crippen LogP) is 0.992. The van der Waals surface area contributed by atoms with Gasteiger partial charge in [-0.2, -0.15) is 0 Å². The van der Waals surface area contributed by atoms with Gasteiger partial charge in [-0.1, -0.05) is 0 Å². The molecule has 0 spiro atoms. The van der Waals surface area contributed by atoms with Gasteiger partial charge >= 0.3 is 0 Å². The molecule has 80 valence electrons. The maximum atomic E-state index is 5.30. The summed E-state index contributed by atoms with van der Waals surface area (Å²) < 4.78 is 4.26. The molecule has 1 heterocycles. The standard InChI is InChI=1S/C7H14N4S3/c1-8(2)10-5(12)6(13)11(7(10)14)9(3)4/h12-13H,1-4H3. The molecule has 0 aliphatic carbocycles. The Bertz CT molecular complexity index is 356. The number of hydrogen-bond donors (Lipinski definition) is 2. The summed E-state index contributed by atoms with van der Waals surface area (Å²) in [6.07, 6.45) is 0. The topological polar surface area (TPSA) is 16.3 Å². The van der Waals surface area contributed by atoms with Gasteiger partial charge in [0.1, 0.15) is 10.1 Å². The van der Waals surface area contributed by atoms with E-state index in [4.69, 9.17) is 12.2 Å². The smallest absolute Gasteiger partial charge is 0.219 e. The minimum atomic E-state index is 0.648. The maximum absolute atomic E-state index is 5.30. The Hall–Kier alpha value is -0.270. The Kier molecular flexibility index (Phi) is 3.44. The number of rotatable bonds is 2. The summed E-state index contributed by atoms with van der Waals surface area (Å²) in [5, 5.41) is 5.20. The van der Waals surface area contributed by atoms with Crippen molar-refractivity contribution in [2.75, 3.05) is 38.2 Å². The van der Waals surface area contributed by atoms with Crippen molar-refractivity contribution in [1.82, 2.24) is 9.35 Å². The highest BCUT2D eigenvalue weighted by Crippen LogP contribution is 2.20. The van der Waals surface area contributed by atoms with Crippen LogP contribution in [0, 0.1) is 4.77 Å². The number of thiol groups is 2. The molecule has 0 aliphatic heterocycles. The second-order valence-corrected chi connectivity index (χ2v) is 4.46. The molecule has 0 N–H and O–H groups in total. The van der Waals surface area contributed by atoms with Crippen LogP contribution in [-0.4, -0.2) is 37.5 Å². The van der Waals surface area contributed by atoms with Gasteiger partial charge in [-0.05, 0) is 12.2 Å². The Labute approximate surface area is 99.9 Å². The molecule has 0 saturated heterocycles. The Morgan fingerprint density at radius 2 is 1.21 bits per heavy atom. The third kappa shape index (κ3) is 1.76. The van der Waals surface area contributed by atoms with E-state index in [1.807, 2.05) is 38.2 Å². The minimum absolute atomic E-state index is 0.648. The lowest BCUT2D eigenvalue weighted by Crippen LogP contribution is -2.29. The molecule has 1 aromatic heterocycles. The normalized spacial score (nSPS) is 10.4. The van der Waals surface area contributed by atoms with Gasteiger partial charge in [0.25, 0.3) is 0 Å². The van der Waals surface area contributed by atoms with Crippen LogP contribution in [0.4, 0.5) is 0 Å².